The Morgan fingerprint density at radius 3 is 2.82 bits per heavy atom. The van der Waals surface area contributed by atoms with Gasteiger partial charge in [0.2, 0.25) is 5.95 Å². The minimum atomic E-state index is -0.472. The molecule has 0 saturated heterocycles. The molecule has 0 amide bonds. The average molecular weight is 266 g/mol. The van der Waals surface area contributed by atoms with Crippen LogP contribution in [0.4, 0.5) is 4.39 Å². The summed E-state index contributed by atoms with van der Waals surface area (Å²) in [6.07, 6.45) is 1.47. The summed E-state index contributed by atoms with van der Waals surface area (Å²) in [5.74, 6) is -0.472. The van der Waals surface area contributed by atoms with Gasteiger partial charge in [0.05, 0.1) is 0 Å². The first-order chi connectivity index (χ1) is 5.11. The summed E-state index contributed by atoms with van der Waals surface area (Å²) in [6.45, 7) is 1.73. The third kappa shape index (κ3) is 2.10. The van der Waals surface area contributed by atoms with Crippen molar-refractivity contribution in [2.75, 3.05) is 0 Å². The number of aromatic nitrogens is 1. The summed E-state index contributed by atoms with van der Waals surface area (Å²) in [4.78, 5) is 3.55. The molecule has 0 aromatic carbocycles. The number of hydrogen-bond acceptors (Lipinski definition) is 2. The van der Waals surface area contributed by atoms with Crippen LogP contribution in [0.2, 0.25) is 0 Å². The molecule has 11 heavy (non-hydrogen) atoms. The number of hydrogen-bond donors (Lipinski definition) is 1. The molecule has 0 fully saturated rings. The van der Waals surface area contributed by atoms with Crippen LogP contribution in [0, 0.1) is 9.52 Å². The lowest BCUT2D eigenvalue weighted by Crippen LogP contribution is -2.08. The molecule has 0 radical (unpaired) electrons. The maximum atomic E-state index is 12.8. The van der Waals surface area contributed by atoms with Crippen LogP contribution in [0.15, 0.2) is 12.3 Å². The SMILES string of the molecule is CC(N)c1cc(I)cnc1F. The lowest BCUT2D eigenvalue weighted by atomic mass is 10.1. The van der Waals surface area contributed by atoms with Crippen molar-refractivity contribution >= 4 is 22.6 Å². The highest BCUT2D eigenvalue weighted by atomic mass is 127. The minimum Gasteiger partial charge on any atom is -0.324 e. The zero-order chi connectivity index (χ0) is 8.43. The van der Waals surface area contributed by atoms with Gasteiger partial charge in [-0.1, -0.05) is 0 Å². The van der Waals surface area contributed by atoms with Crippen LogP contribution in [-0.4, -0.2) is 4.98 Å². The van der Waals surface area contributed by atoms with Gasteiger partial charge in [-0.05, 0) is 35.6 Å². The van der Waals surface area contributed by atoms with E-state index in [1.165, 1.54) is 6.20 Å². The van der Waals surface area contributed by atoms with E-state index in [9.17, 15) is 4.39 Å². The topological polar surface area (TPSA) is 38.9 Å². The van der Waals surface area contributed by atoms with Crippen LogP contribution in [0.5, 0.6) is 0 Å². The predicted molar refractivity (Wildman–Crippen MR) is 49.5 cm³/mol. The molecule has 1 heterocycles. The molecule has 0 aliphatic rings. The summed E-state index contributed by atoms with van der Waals surface area (Å²) in [5, 5.41) is 0. The van der Waals surface area contributed by atoms with Gasteiger partial charge in [-0.15, -0.1) is 0 Å². The second-order valence-electron chi connectivity index (χ2n) is 2.32. The molecule has 60 valence electrons. The Hall–Kier alpha value is -0.230. The van der Waals surface area contributed by atoms with E-state index >= 15 is 0 Å². The zero-order valence-corrected chi connectivity index (χ0v) is 8.17. The summed E-state index contributed by atoms with van der Waals surface area (Å²) < 4.78 is 13.7. The number of rotatable bonds is 1. The van der Waals surface area contributed by atoms with Crippen molar-refractivity contribution in [3.63, 3.8) is 0 Å². The summed E-state index contributed by atoms with van der Waals surface area (Å²) in [5.41, 5.74) is 5.97. The molecule has 4 heteroatoms. The summed E-state index contributed by atoms with van der Waals surface area (Å²) >= 11 is 2.07. The first kappa shape index (κ1) is 8.86. The number of pyridine rings is 1. The fourth-order valence-corrected chi connectivity index (χ4v) is 1.23. The van der Waals surface area contributed by atoms with E-state index in [0.29, 0.717) is 5.56 Å². The van der Waals surface area contributed by atoms with Gasteiger partial charge in [0, 0.05) is 21.4 Å². The van der Waals surface area contributed by atoms with Gasteiger partial charge in [-0.25, -0.2) is 4.98 Å². The van der Waals surface area contributed by atoms with Crippen molar-refractivity contribution in [2.24, 2.45) is 5.73 Å². The fourth-order valence-electron chi connectivity index (χ4n) is 0.758. The van der Waals surface area contributed by atoms with E-state index in [1.807, 2.05) is 0 Å². The monoisotopic (exact) mass is 266 g/mol. The Morgan fingerprint density at radius 1 is 1.73 bits per heavy atom. The first-order valence-corrected chi connectivity index (χ1v) is 4.25. The van der Waals surface area contributed by atoms with Crippen molar-refractivity contribution in [3.8, 4) is 0 Å². The van der Waals surface area contributed by atoms with Crippen molar-refractivity contribution in [2.45, 2.75) is 13.0 Å². The normalized spacial score (nSPS) is 13.1. The molecule has 1 aromatic rings. The smallest absolute Gasteiger partial charge is 0.217 e. The number of nitrogens with zero attached hydrogens (tertiary/aromatic N) is 1. The molecule has 0 spiro atoms. The molecule has 2 nitrogen and oxygen atoms in total. The lowest BCUT2D eigenvalue weighted by Gasteiger charge is -2.05. The highest BCUT2D eigenvalue weighted by Gasteiger charge is 2.07. The fraction of sp³-hybridized carbons (Fsp3) is 0.286. The lowest BCUT2D eigenvalue weighted by molar-refractivity contribution is 0.552. The van der Waals surface area contributed by atoms with Gasteiger partial charge in [-0.2, -0.15) is 4.39 Å². The van der Waals surface area contributed by atoms with Gasteiger partial charge >= 0.3 is 0 Å². The maximum Gasteiger partial charge on any atom is 0.217 e. The second-order valence-corrected chi connectivity index (χ2v) is 3.57. The molecule has 0 aliphatic carbocycles. The predicted octanol–water partition coefficient (Wildman–Crippen LogP) is 1.85. The molecule has 0 bridgehead atoms. The van der Waals surface area contributed by atoms with E-state index in [4.69, 9.17) is 5.73 Å². The number of nitrogens with two attached hydrogens (primary N) is 1. The standard InChI is InChI=1S/C7H8FIN2/c1-4(10)6-2-5(9)3-11-7(6)8/h2-4H,10H2,1H3. The van der Waals surface area contributed by atoms with Crippen LogP contribution < -0.4 is 5.73 Å². The Kier molecular flexibility index (Phi) is 2.78. The molecule has 1 atom stereocenters. The average Bonchev–Trinajstić information content (AvgIpc) is 1.94. The van der Waals surface area contributed by atoms with Crippen LogP contribution in [0.1, 0.15) is 18.5 Å². The summed E-state index contributed by atoms with van der Waals surface area (Å²) in [6, 6.07) is 1.41. The van der Waals surface area contributed by atoms with Crippen molar-refractivity contribution in [1.29, 1.82) is 0 Å². The molecular formula is C7H8FIN2. The highest BCUT2D eigenvalue weighted by Crippen LogP contribution is 2.14. The van der Waals surface area contributed by atoms with E-state index in [-0.39, 0.29) is 6.04 Å². The molecule has 0 saturated carbocycles. The molecule has 1 rings (SSSR count). The van der Waals surface area contributed by atoms with E-state index in [1.54, 1.807) is 13.0 Å². The zero-order valence-electron chi connectivity index (χ0n) is 6.01. The van der Waals surface area contributed by atoms with Crippen molar-refractivity contribution in [3.05, 3.63) is 27.3 Å². The Morgan fingerprint density at radius 2 is 2.36 bits per heavy atom. The molecule has 2 N–H and O–H groups in total. The molecular weight excluding hydrogens is 258 g/mol. The quantitative estimate of drug-likeness (QED) is 0.622. The Balaban J connectivity index is 3.13. The van der Waals surface area contributed by atoms with E-state index in [0.717, 1.165) is 3.57 Å². The van der Waals surface area contributed by atoms with Crippen LogP contribution in [0.3, 0.4) is 0 Å². The van der Waals surface area contributed by atoms with Gasteiger partial charge in [-0.3, -0.25) is 0 Å². The maximum absolute atomic E-state index is 12.8. The van der Waals surface area contributed by atoms with Crippen molar-refractivity contribution < 1.29 is 4.39 Å². The van der Waals surface area contributed by atoms with Crippen molar-refractivity contribution in [1.82, 2.24) is 4.98 Å². The summed E-state index contributed by atoms with van der Waals surface area (Å²) in [7, 11) is 0. The largest absolute Gasteiger partial charge is 0.324 e. The Labute approximate surface area is 78.1 Å². The van der Waals surface area contributed by atoms with Gasteiger partial charge in [0.25, 0.3) is 0 Å². The minimum absolute atomic E-state index is 0.294. The third-order valence-electron chi connectivity index (χ3n) is 1.32. The third-order valence-corrected chi connectivity index (χ3v) is 1.91. The highest BCUT2D eigenvalue weighted by molar-refractivity contribution is 14.1. The number of halogens is 2. The van der Waals surface area contributed by atoms with Crippen LogP contribution >= 0.6 is 22.6 Å². The molecule has 1 aromatic heterocycles. The van der Waals surface area contributed by atoms with Gasteiger partial charge in [0.1, 0.15) is 0 Å². The first-order valence-electron chi connectivity index (χ1n) is 3.18. The van der Waals surface area contributed by atoms with Gasteiger partial charge < -0.3 is 5.73 Å². The van der Waals surface area contributed by atoms with Gasteiger partial charge in [0.15, 0.2) is 0 Å². The molecule has 0 aliphatic heterocycles. The van der Waals surface area contributed by atoms with E-state index in [2.05, 4.69) is 27.6 Å². The van der Waals surface area contributed by atoms with E-state index < -0.39 is 5.95 Å². The Bertz CT molecular complexity index is 263. The molecule has 1 unspecified atom stereocenters. The second kappa shape index (κ2) is 3.44. The van der Waals surface area contributed by atoms with Crippen LogP contribution in [0.25, 0.3) is 0 Å². The van der Waals surface area contributed by atoms with Crippen LogP contribution in [-0.2, 0) is 0 Å².